The molecule has 138 valence electrons. The largest absolute Gasteiger partial charge is 0.399 e. The maximum absolute atomic E-state index is 12.5. The topological polar surface area (TPSA) is 72.9 Å². The van der Waals surface area contributed by atoms with Crippen LogP contribution in [0.25, 0.3) is 0 Å². The van der Waals surface area contributed by atoms with Crippen molar-refractivity contribution in [1.29, 1.82) is 0 Å². The minimum atomic E-state index is 0. The van der Waals surface area contributed by atoms with Crippen molar-refractivity contribution in [3.05, 3.63) is 46.3 Å². The van der Waals surface area contributed by atoms with Crippen molar-refractivity contribution in [3.63, 3.8) is 0 Å². The first kappa shape index (κ1) is 21.3. The Morgan fingerprint density at radius 1 is 1.36 bits per heavy atom. The Morgan fingerprint density at radius 2 is 2.08 bits per heavy atom. The number of benzene rings is 1. The molecule has 3 N–H and O–H groups in total. The van der Waals surface area contributed by atoms with E-state index < -0.39 is 0 Å². The van der Waals surface area contributed by atoms with E-state index in [4.69, 9.17) is 5.73 Å². The number of halogens is 2. The van der Waals surface area contributed by atoms with Gasteiger partial charge in [0.2, 0.25) is 5.91 Å². The molecule has 0 saturated carbocycles. The van der Waals surface area contributed by atoms with Crippen LogP contribution in [0.5, 0.6) is 0 Å². The lowest BCUT2D eigenvalue weighted by molar-refractivity contribution is -0.121. The highest BCUT2D eigenvalue weighted by atomic mass is 35.5. The molecule has 0 aliphatic heterocycles. The number of nitrogens with zero attached hydrogens (tertiary/aromatic N) is 2. The Labute approximate surface area is 161 Å². The van der Waals surface area contributed by atoms with Gasteiger partial charge in [-0.3, -0.25) is 9.48 Å². The summed E-state index contributed by atoms with van der Waals surface area (Å²) >= 11 is 0. The second kappa shape index (κ2) is 8.59. The van der Waals surface area contributed by atoms with E-state index in [-0.39, 0.29) is 36.8 Å². The number of anilines is 1. The number of nitrogen functional groups attached to an aromatic ring is 1. The number of fused-ring (bicyclic) bond motifs is 1. The highest BCUT2D eigenvalue weighted by Crippen LogP contribution is 2.31. The van der Waals surface area contributed by atoms with Crippen LogP contribution in [0.2, 0.25) is 0 Å². The van der Waals surface area contributed by atoms with E-state index in [0.29, 0.717) is 6.42 Å². The molecule has 1 heterocycles. The van der Waals surface area contributed by atoms with Crippen LogP contribution in [-0.4, -0.2) is 15.7 Å². The Hall–Kier alpha value is -1.72. The lowest BCUT2D eigenvalue weighted by Crippen LogP contribution is -2.32. The zero-order valence-electron chi connectivity index (χ0n) is 14.8. The molecule has 3 rings (SSSR count). The van der Waals surface area contributed by atoms with E-state index >= 15 is 0 Å². The molecule has 2 aromatic rings. The normalized spacial score (nSPS) is 15.6. The van der Waals surface area contributed by atoms with Gasteiger partial charge in [0.25, 0.3) is 0 Å². The van der Waals surface area contributed by atoms with Gasteiger partial charge in [0.05, 0.1) is 18.2 Å². The molecular weight excluding hydrogens is 359 g/mol. The number of aryl methyl sites for hydroxylation is 3. The van der Waals surface area contributed by atoms with Gasteiger partial charge in [0, 0.05) is 24.0 Å². The summed E-state index contributed by atoms with van der Waals surface area (Å²) in [6.45, 7) is 3.95. The molecule has 1 aromatic carbocycles. The van der Waals surface area contributed by atoms with Gasteiger partial charge in [-0.25, -0.2) is 0 Å². The summed E-state index contributed by atoms with van der Waals surface area (Å²) in [6.07, 6.45) is 3.47. The molecule has 1 aliphatic rings. The van der Waals surface area contributed by atoms with Gasteiger partial charge < -0.3 is 11.1 Å². The van der Waals surface area contributed by atoms with Gasteiger partial charge >= 0.3 is 0 Å². The van der Waals surface area contributed by atoms with Crippen molar-refractivity contribution < 1.29 is 4.79 Å². The molecule has 25 heavy (non-hydrogen) atoms. The van der Waals surface area contributed by atoms with Gasteiger partial charge in [-0.1, -0.05) is 6.07 Å². The van der Waals surface area contributed by atoms with Crippen LogP contribution in [0.15, 0.2) is 18.2 Å². The fourth-order valence-electron chi connectivity index (χ4n) is 3.46. The third-order valence-corrected chi connectivity index (χ3v) is 4.81. The molecule has 7 heteroatoms. The summed E-state index contributed by atoms with van der Waals surface area (Å²) in [6, 6.07) is 6.08. The van der Waals surface area contributed by atoms with E-state index in [9.17, 15) is 4.79 Å². The lowest BCUT2D eigenvalue weighted by atomic mass is 9.87. The van der Waals surface area contributed by atoms with Crippen LogP contribution >= 0.6 is 24.8 Å². The van der Waals surface area contributed by atoms with Crippen LogP contribution in [0.4, 0.5) is 5.69 Å². The van der Waals surface area contributed by atoms with Crippen molar-refractivity contribution >= 4 is 36.4 Å². The Balaban J connectivity index is 0.00000156. The van der Waals surface area contributed by atoms with Gasteiger partial charge in [0.15, 0.2) is 0 Å². The highest BCUT2D eigenvalue weighted by Gasteiger charge is 2.23. The third kappa shape index (κ3) is 4.47. The third-order valence-electron chi connectivity index (χ3n) is 4.81. The molecule has 1 atom stereocenters. The molecule has 0 spiro atoms. The smallest absolute Gasteiger partial charge is 0.225 e. The minimum Gasteiger partial charge on any atom is -0.399 e. The average molecular weight is 385 g/mol. The fraction of sp³-hybridized carbons (Fsp3) is 0.444. The van der Waals surface area contributed by atoms with Crippen molar-refractivity contribution in [1.82, 2.24) is 15.1 Å². The fourth-order valence-corrected chi connectivity index (χ4v) is 3.46. The molecule has 1 aromatic heterocycles. The van der Waals surface area contributed by atoms with Crippen molar-refractivity contribution in [2.45, 2.75) is 45.6 Å². The molecule has 0 radical (unpaired) electrons. The Bertz CT molecular complexity index is 758. The maximum Gasteiger partial charge on any atom is 0.225 e. The standard InChI is InChI=1S/C18H24N4O.2ClH/c1-11-16(12(2)22(3)21-11)10-18(23)20-17-6-4-5-13-9-14(19)7-8-15(13)17;;/h7-9,17H,4-6,10,19H2,1-3H3,(H,20,23);2*1H. The number of nitrogens with one attached hydrogen (secondary N) is 1. The van der Waals surface area contributed by atoms with Crippen LogP contribution in [0.3, 0.4) is 0 Å². The molecule has 1 aliphatic carbocycles. The summed E-state index contributed by atoms with van der Waals surface area (Å²) < 4.78 is 1.83. The first-order valence-corrected chi connectivity index (χ1v) is 8.12. The Morgan fingerprint density at radius 3 is 2.72 bits per heavy atom. The number of amides is 1. The second-order valence-electron chi connectivity index (χ2n) is 6.42. The number of aromatic nitrogens is 2. The summed E-state index contributed by atoms with van der Waals surface area (Å²) in [4.78, 5) is 12.5. The summed E-state index contributed by atoms with van der Waals surface area (Å²) in [7, 11) is 1.91. The van der Waals surface area contributed by atoms with Crippen LogP contribution in [-0.2, 0) is 24.7 Å². The summed E-state index contributed by atoms with van der Waals surface area (Å²) in [5.74, 6) is 0.0545. The number of hydrogen-bond donors (Lipinski definition) is 2. The van der Waals surface area contributed by atoms with E-state index in [1.165, 1.54) is 11.1 Å². The zero-order valence-corrected chi connectivity index (χ0v) is 16.5. The van der Waals surface area contributed by atoms with Crippen molar-refractivity contribution in [3.8, 4) is 0 Å². The van der Waals surface area contributed by atoms with Crippen LogP contribution < -0.4 is 11.1 Å². The molecule has 5 nitrogen and oxygen atoms in total. The molecule has 0 fully saturated rings. The average Bonchev–Trinajstić information content (AvgIpc) is 2.73. The predicted molar refractivity (Wildman–Crippen MR) is 106 cm³/mol. The first-order valence-electron chi connectivity index (χ1n) is 8.12. The van der Waals surface area contributed by atoms with E-state index in [1.807, 2.05) is 37.7 Å². The van der Waals surface area contributed by atoms with Gasteiger partial charge in [0.1, 0.15) is 0 Å². The van der Waals surface area contributed by atoms with Gasteiger partial charge in [-0.2, -0.15) is 5.10 Å². The van der Waals surface area contributed by atoms with E-state index in [1.54, 1.807) is 0 Å². The van der Waals surface area contributed by atoms with Crippen LogP contribution in [0, 0.1) is 13.8 Å². The van der Waals surface area contributed by atoms with E-state index in [2.05, 4.69) is 16.5 Å². The monoisotopic (exact) mass is 384 g/mol. The molecule has 1 unspecified atom stereocenters. The van der Waals surface area contributed by atoms with Crippen molar-refractivity contribution in [2.75, 3.05) is 5.73 Å². The first-order chi connectivity index (χ1) is 11.0. The number of carbonyl (C=O) groups excluding carboxylic acids is 1. The number of carbonyl (C=O) groups is 1. The van der Waals surface area contributed by atoms with Crippen LogP contribution in [0.1, 0.15) is 47.0 Å². The minimum absolute atomic E-state index is 0. The number of hydrogen-bond acceptors (Lipinski definition) is 3. The number of nitrogens with two attached hydrogens (primary N) is 1. The van der Waals surface area contributed by atoms with E-state index in [0.717, 1.165) is 41.9 Å². The Kier molecular flexibility index (Phi) is 7.32. The molecule has 1 amide bonds. The molecule has 0 saturated heterocycles. The number of rotatable bonds is 3. The summed E-state index contributed by atoms with van der Waals surface area (Å²) in [5, 5.41) is 7.57. The quantitative estimate of drug-likeness (QED) is 0.797. The highest BCUT2D eigenvalue weighted by molar-refractivity contribution is 5.85. The molecular formula is C18H26Cl2N4O. The maximum atomic E-state index is 12.5. The second-order valence-corrected chi connectivity index (χ2v) is 6.42. The zero-order chi connectivity index (χ0) is 16.6. The van der Waals surface area contributed by atoms with Gasteiger partial charge in [-0.05, 0) is 56.4 Å². The lowest BCUT2D eigenvalue weighted by Gasteiger charge is -2.26. The van der Waals surface area contributed by atoms with Crippen molar-refractivity contribution in [2.24, 2.45) is 7.05 Å². The van der Waals surface area contributed by atoms with Gasteiger partial charge in [-0.15, -0.1) is 24.8 Å². The SMILES string of the molecule is Cc1nn(C)c(C)c1CC(=O)NC1CCCc2cc(N)ccc21.Cl.Cl. The molecule has 0 bridgehead atoms. The predicted octanol–water partition coefficient (Wildman–Crippen LogP) is 3.20. The summed E-state index contributed by atoms with van der Waals surface area (Å²) in [5.41, 5.74) is 12.1.